The number of hydrazone groups is 1. The maximum absolute atomic E-state index is 11.9. The summed E-state index contributed by atoms with van der Waals surface area (Å²) in [5.74, 6) is -1.28. The first-order valence-electron chi connectivity index (χ1n) is 8.23. The first kappa shape index (κ1) is 20.7. The van der Waals surface area contributed by atoms with E-state index in [-0.39, 0.29) is 6.04 Å². The highest BCUT2D eigenvalue weighted by Gasteiger charge is 2.16. The summed E-state index contributed by atoms with van der Waals surface area (Å²) in [6, 6.07) is 12.2. The standard InChI is InChI=1S/C19H19Cl2N3O3/c1-3-27-17-15(20)9-13(10-16(17)21)11-22-24-19(26)18(25)23-12(2)14-7-5-4-6-8-14/h4-12H,3H2,1-2H3,(H,23,25)(H,24,26)/b22-11-/t12-/m1/s1. The Kier molecular flexibility index (Phi) is 7.64. The van der Waals surface area contributed by atoms with Crippen molar-refractivity contribution >= 4 is 41.2 Å². The average molecular weight is 408 g/mol. The lowest BCUT2D eigenvalue weighted by molar-refractivity contribution is -0.139. The summed E-state index contributed by atoms with van der Waals surface area (Å²) in [6.07, 6.45) is 1.33. The number of carbonyl (C=O) groups is 2. The number of carbonyl (C=O) groups excluding carboxylic acids is 2. The third-order valence-electron chi connectivity index (χ3n) is 3.54. The number of hydrogen-bond acceptors (Lipinski definition) is 4. The number of benzene rings is 2. The number of nitrogens with one attached hydrogen (secondary N) is 2. The molecule has 0 fully saturated rings. The SMILES string of the molecule is CCOc1c(Cl)cc(/C=N\NC(=O)C(=O)N[C@H](C)c2ccccc2)cc1Cl. The van der Waals surface area contributed by atoms with Gasteiger partial charge in [0.25, 0.3) is 0 Å². The second-order valence-electron chi connectivity index (χ2n) is 5.55. The number of nitrogens with zero attached hydrogens (tertiary/aromatic N) is 1. The van der Waals surface area contributed by atoms with Crippen molar-refractivity contribution in [1.29, 1.82) is 0 Å². The van der Waals surface area contributed by atoms with Gasteiger partial charge < -0.3 is 10.1 Å². The number of halogens is 2. The third-order valence-corrected chi connectivity index (χ3v) is 4.10. The molecule has 0 saturated heterocycles. The fourth-order valence-electron chi connectivity index (χ4n) is 2.24. The minimum Gasteiger partial charge on any atom is -0.491 e. The van der Waals surface area contributed by atoms with E-state index in [1.54, 1.807) is 19.1 Å². The van der Waals surface area contributed by atoms with Crippen LogP contribution in [0.5, 0.6) is 5.75 Å². The zero-order valence-corrected chi connectivity index (χ0v) is 16.3. The molecular weight excluding hydrogens is 389 g/mol. The van der Waals surface area contributed by atoms with Gasteiger partial charge in [0.05, 0.1) is 28.9 Å². The molecule has 0 bridgehead atoms. The van der Waals surface area contributed by atoms with Crippen LogP contribution < -0.4 is 15.5 Å². The van der Waals surface area contributed by atoms with Gasteiger partial charge in [0.15, 0.2) is 5.75 Å². The predicted octanol–water partition coefficient (Wildman–Crippen LogP) is 3.72. The van der Waals surface area contributed by atoms with Gasteiger partial charge in [-0.05, 0) is 37.1 Å². The Balaban J connectivity index is 1.93. The van der Waals surface area contributed by atoms with Gasteiger partial charge in [0.2, 0.25) is 0 Å². The van der Waals surface area contributed by atoms with Crippen molar-refractivity contribution in [3.05, 3.63) is 63.6 Å². The Morgan fingerprint density at radius 1 is 1.15 bits per heavy atom. The van der Waals surface area contributed by atoms with Crippen LogP contribution in [0.1, 0.15) is 31.0 Å². The Morgan fingerprint density at radius 3 is 2.37 bits per heavy atom. The minimum atomic E-state index is -0.878. The number of ether oxygens (including phenoxy) is 1. The van der Waals surface area contributed by atoms with Crippen LogP contribution in [-0.2, 0) is 9.59 Å². The summed E-state index contributed by atoms with van der Waals surface area (Å²) in [5.41, 5.74) is 3.61. The quantitative estimate of drug-likeness (QED) is 0.434. The monoisotopic (exact) mass is 407 g/mol. The van der Waals surface area contributed by atoms with Crippen molar-refractivity contribution in [2.45, 2.75) is 19.9 Å². The molecule has 1 atom stereocenters. The lowest BCUT2D eigenvalue weighted by atomic mass is 10.1. The van der Waals surface area contributed by atoms with E-state index in [4.69, 9.17) is 27.9 Å². The third kappa shape index (κ3) is 5.98. The molecule has 27 heavy (non-hydrogen) atoms. The van der Waals surface area contributed by atoms with Crippen LogP contribution in [0.3, 0.4) is 0 Å². The summed E-state index contributed by atoms with van der Waals surface area (Å²) in [5, 5.41) is 7.01. The van der Waals surface area contributed by atoms with E-state index in [0.29, 0.717) is 28.0 Å². The summed E-state index contributed by atoms with van der Waals surface area (Å²) in [7, 11) is 0. The molecule has 2 rings (SSSR count). The van der Waals surface area contributed by atoms with Crippen molar-refractivity contribution < 1.29 is 14.3 Å². The maximum atomic E-state index is 11.9. The molecule has 6 nitrogen and oxygen atoms in total. The Hall–Kier alpha value is -2.57. The molecule has 2 N–H and O–H groups in total. The van der Waals surface area contributed by atoms with Gasteiger partial charge in [-0.15, -0.1) is 0 Å². The smallest absolute Gasteiger partial charge is 0.329 e. The second kappa shape index (κ2) is 9.94. The highest BCUT2D eigenvalue weighted by Crippen LogP contribution is 2.33. The zero-order valence-electron chi connectivity index (χ0n) is 14.8. The molecule has 2 aromatic rings. The van der Waals surface area contributed by atoms with Crippen molar-refractivity contribution in [1.82, 2.24) is 10.7 Å². The van der Waals surface area contributed by atoms with Gasteiger partial charge in [-0.25, -0.2) is 5.43 Å². The molecule has 0 heterocycles. The van der Waals surface area contributed by atoms with Gasteiger partial charge in [-0.1, -0.05) is 53.5 Å². The molecule has 0 saturated carbocycles. The van der Waals surface area contributed by atoms with Crippen LogP contribution in [0.25, 0.3) is 0 Å². The van der Waals surface area contributed by atoms with Crippen molar-refractivity contribution in [3.63, 3.8) is 0 Å². The fourth-order valence-corrected chi connectivity index (χ4v) is 2.85. The Bertz CT molecular complexity index is 818. The van der Waals surface area contributed by atoms with Crippen molar-refractivity contribution in [2.75, 3.05) is 6.61 Å². The van der Waals surface area contributed by atoms with E-state index < -0.39 is 11.8 Å². The fraction of sp³-hybridized carbons (Fsp3) is 0.211. The number of amides is 2. The van der Waals surface area contributed by atoms with Gasteiger partial charge in [-0.3, -0.25) is 9.59 Å². The normalized spacial score (nSPS) is 11.9. The van der Waals surface area contributed by atoms with Crippen LogP contribution in [-0.4, -0.2) is 24.6 Å². The van der Waals surface area contributed by atoms with Gasteiger partial charge in [-0.2, -0.15) is 5.10 Å². The van der Waals surface area contributed by atoms with Crippen LogP contribution in [0.15, 0.2) is 47.6 Å². The Morgan fingerprint density at radius 2 is 1.78 bits per heavy atom. The molecule has 0 aliphatic heterocycles. The topological polar surface area (TPSA) is 79.8 Å². The summed E-state index contributed by atoms with van der Waals surface area (Å²) < 4.78 is 5.34. The highest BCUT2D eigenvalue weighted by molar-refractivity contribution is 6.37. The summed E-state index contributed by atoms with van der Waals surface area (Å²) >= 11 is 12.2. The number of hydrogen-bond donors (Lipinski definition) is 2. The lowest BCUT2D eigenvalue weighted by Gasteiger charge is -2.13. The van der Waals surface area contributed by atoms with Gasteiger partial charge in [0, 0.05) is 0 Å². The van der Waals surface area contributed by atoms with E-state index in [9.17, 15) is 9.59 Å². The van der Waals surface area contributed by atoms with Crippen LogP contribution in [0.4, 0.5) is 0 Å². The van der Waals surface area contributed by atoms with Crippen molar-refractivity contribution in [3.8, 4) is 5.75 Å². The highest BCUT2D eigenvalue weighted by atomic mass is 35.5. The lowest BCUT2D eigenvalue weighted by Crippen LogP contribution is -2.39. The van der Waals surface area contributed by atoms with E-state index in [1.165, 1.54) is 6.21 Å². The second-order valence-corrected chi connectivity index (χ2v) is 6.37. The molecular formula is C19H19Cl2N3O3. The average Bonchev–Trinajstić information content (AvgIpc) is 2.65. The van der Waals surface area contributed by atoms with Gasteiger partial charge in [0.1, 0.15) is 0 Å². The van der Waals surface area contributed by atoms with E-state index in [1.807, 2.05) is 37.3 Å². The molecule has 142 valence electrons. The first-order chi connectivity index (χ1) is 12.9. The minimum absolute atomic E-state index is 0.308. The van der Waals surface area contributed by atoms with Crippen LogP contribution in [0, 0.1) is 0 Å². The van der Waals surface area contributed by atoms with Crippen LogP contribution >= 0.6 is 23.2 Å². The zero-order chi connectivity index (χ0) is 19.8. The molecule has 0 aromatic heterocycles. The molecule has 0 radical (unpaired) electrons. The molecule has 2 aromatic carbocycles. The molecule has 0 aliphatic carbocycles. The van der Waals surface area contributed by atoms with Crippen molar-refractivity contribution in [2.24, 2.45) is 5.10 Å². The van der Waals surface area contributed by atoms with Crippen LogP contribution in [0.2, 0.25) is 10.0 Å². The van der Waals surface area contributed by atoms with Gasteiger partial charge >= 0.3 is 11.8 Å². The first-order valence-corrected chi connectivity index (χ1v) is 8.98. The molecule has 0 aliphatic rings. The summed E-state index contributed by atoms with van der Waals surface area (Å²) in [4.78, 5) is 23.8. The predicted molar refractivity (Wildman–Crippen MR) is 106 cm³/mol. The summed E-state index contributed by atoms with van der Waals surface area (Å²) in [6.45, 7) is 4.04. The maximum Gasteiger partial charge on any atom is 0.329 e. The molecule has 8 heteroatoms. The van der Waals surface area contributed by atoms with E-state index >= 15 is 0 Å². The molecule has 2 amide bonds. The van der Waals surface area contributed by atoms with E-state index in [0.717, 1.165) is 5.56 Å². The largest absolute Gasteiger partial charge is 0.491 e. The number of rotatable bonds is 6. The Labute approximate surface area is 167 Å². The molecule has 0 unspecified atom stereocenters. The molecule has 0 spiro atoms. The van der Waals surface area contributed by atoms with E-state index in [2.05, 4.69) is 15.8 Å².